The van der Waals surface area contributed by atoms with Crippen LogP contribution in [0.25, 0.3) is 11.1 Å². The molecule has 1 N–H and O–H groups in total. The molecule has 0 aliphatic rings. The molecule has 0 aliphatic carbocycles. The minimum Gasteiger partial charge on any atom is -0.460 e. The number of aryl methyl sites for hydroxylation is 2. The zero-order valence-electron chi connectivity index (χ0n) is 12.3. The molecule has 1 amide bonds. The summed E-state index contributed by atoms with van der Waals surface area (Å²) in [6.07, 6.45) is 0. The maximum atomic E-state index is 12.0. The first-order valence-electron chi connectivity index (χ1n) is 6.51. The first-order chi connectivity index (χ1) is 10.0. The van der Waals surface area contributed by atoms with Crippen molar-refractivity contribution >= 4 is 23.0 Å². The number of methoxy groups -OCH3 is 1. The standard InChI is InChI=1S/C14H18N2O5/c1-9-6-10-12(21-9)7-11(16(10)2)14(18)20-8-13(17)15-4-5-19-3/h6-7H,4-5,8H2,1-3H3,(H,15,17). The van der Waals surface area contributed by atoms with E-state index in [1.54, 1.807) is 24.8 Å². The highest BCUT2D eigenvalue weighted by molar-refractivity contribution is 5.95. The normalized spacial score (nSPS) is 10.8. The Kier molecular flexibility index (Phi) is 4.64. The molecular weight excluding hydrogens is 276 g/mol. The van der Waals surface area contributed by atoms with Crippen molar-refractivity contribution in [2.75, 3.05) is 26.9 Å². The highest BCUT2D eigenvalue weighted by atomic mass is 16.5. The van der Waals surface area contributed by atoms with Crippen LogP contribution >= 0.6 is 0 Å². The first-order valence-corrected chi connectivity index (χ1v) is 6.51. The Bertz CT molecular complexity index is 656. The van der Waals surface area contributed by atoms with Crippen LogP contribution in [0.5, 0.6) is 0 Å². The van der Waals surface area contributed by atoms with Crippen molar-refractivity contribution in [3.05, 3.63) is 23.6 Å². The van der Waals surface area contributed by atoms with E-state index < -0.39 is 5.97 Å². The van der Waals surface area contributed by atoms with E-state index in [0.29, 0.717) is 24.4 Å². The van der Waals surface area contributed by atoms with Gasteiger partial charge in [-0.05, 0) is 6.92 Å². The zero-order valence-corrected chi connectivity index (χ0v) is 12.3. The van der Waals surface area contributed by atoms with E-state index in [0.717, 1.165) is 11.3 Å². The number of nitrogens with zero attached hydrogens (tertiary/aromatic N) is 1. The minimum absolute atomic E-state index is 0.325. The molecule has 0 unspecified atom stereocenters. The van der Waals surface area contributed by atoms with E-state index in [-0.39, 0.29) is 12.5 Å². The van der Waals surface area contributed by atoms with E-state index in [2.05, 4.69) is 5.32 Å². The number of fused-ring (bicyclic) bond motifs is 1. The van der Waals surface area contributed by atoms with Crippen molar-refractivity contribution in [3.8, 4) is 0 Å². The van der Waals surface area contributed by atoms with E-state index in [4.69, 9.17) is 13.9 Å². The van der Waals surface area contributed by atoms with Gasteiger partial charge in [0.1, 0.15) is 11.5 Å². The lowest BCUT2D eigenvalue weighted by atomic mass is 10.4. The van der Waals surface area contributed by atoms with Crippen molar-refractivity contribution in [2.24, 2.45) is 7.05 Å². The molecule has 0 bridgehead atoms. The predicted molar refractivity (Wildman–Crippen MR) is 75.1 cm³/mol. The second-order valence-electron chi connectivity index (χ2n) is 4.61. The molecule has 2 aromatic rings. The Hall–Kier alpha value is -2.28. The average molecular weight is 294 g/mol. The quantitative estimate of drug-likeness (QED) is 0.635. The number of carbonyl (C=O) groups is 2. The number of ether oxygens (including phenoxy) is 2. The number of aromatic nitrogens is 1. The minimum atomic E-state index is -0.566. The lowest BCUT2D eigenvalue weighted by Crippen LogP contribution is -2.31. The lowest BCUT2D eigenvalue weighted by molar-refractivity contribution is -0.124. The summed E-state index contributed by atoms with van der Waals surface area (Å²) < 4.78 is 16.9. The fourth-order valence-corrected chi connectivity index (χ4v) is 1.98. The van der Waals surface area contributed by atoms with Gasteiger partial charge in [-0.25, -0.2) is 4.79 Å². The van der Waals surface area contributed by atoms with Gasteiger partial charge in [-0.3, -0.25) is 4.79 Å². The fourth-order valence-electron chi connectivity index (χ4n) is 1.98. The van der Waals surface area contributed by atoms with Crippen LogP contribution in [0.3, 0.4) is 0 Å². The Balaban J connectivity index is 1.94. The molecule has 21 heavy (non-hydrogen) atoms. The van der Waals surface area contributed by atoms with Crippen LogP contribution < -0.4 is 5.32 Å². The summed E-state index contributed by atoms with van der Waals surface area (Å²) in [7, 11) is 3.28. The van der Waals surface area contributed by atoms with E-state index in [1.807, 2.05) is 13.0 Å². The van der Waals surface area contributed by atoms with Crippen LogP contribution in [-0.4, -0.2) is 43.3 Å². The number of carbonyl (C=O) groups excluding carboxylic acids is 2. The Morgan fingerprint density at radius 1 is 1.38 bits per heavy atom. The summed E-state index contributed by atoms with van der Waals surface area (Å²) in [5.41, 5.74) is 1.77. The maximum absolute atomic E-state index is 12.0. The third-order valence-electron chi connectivity index (χ3n) is 3.03. The summed E-state index contributed by atoms with van der Waals surface area (Å²) in [5.74, 6) is -0.161. The monoisotopic (exact) mass is 294 g/mol. The van der Waals surface area contributed by atoms with Crippen LogP contribution in [0, 0.1) is 6.92 Å². The molecule has 0 spiro atoms. The van der Waals surface area contributed by atoms with Gasteiger partial charge in [0.05, 0.1) is 12.1 Å². The molecule has 0 aromatic carbocycles. The second kappa shape index (κ2) is 6.45. The lowest BCUT2D eigenvalue weighted by Gasteiger charge is -2.06. The number of furan rings is 1. The summed E-state index contributed by atoms with van der Waals surface area (Å²) in [6.45, 7) is 2.30. The van der Waals surface area contributed by atoms with Gasteiger partial charge in [0.2, 0.25) is 0 Å². The van der Waals surface area contributed by atoms with Gasteiger partial charge < -0.3 is 23.8 Å². The fraction of sp³-hybridized carbons (Fsp3) is 0.429. The van der Waals surface area contributed by atoms with Crippen LogP contribution in [0.4, 0.5) is 0 Å². The number of nitrogens with one attached hydrogen (secondary N) is 1. The summed E-state index contributed by atoms with van der Waals surface area (Å²) in [5, 5.41) is 2.57. The van der Waals surface area contributed by atoms with E-state index in [1.165, 1.54) is 0 Å². The summed E-state index contributed by atoms with van der Waals surface area (Å²) in [4.78, 5) is 23.4. The van der Waals surface area contributed by atoms with Gasteiger partial charge in [-0.15, -0.1) is 0 Å². The van der Waals surface area contributed by atoms with Gasteiger partial charge in [0.15, 0.2) is 12.2 Å². The molecular formula is C14H18N2O5. The maximum Gasteiger partial charge on any atom is 0.355 e. The van der Waals surface area contributed by atoms with Gasteiger partial charge in [-0.1, -0.05) is 0 Å². The summed E-state index contributed by atoms with van der Waals surface area (Å²) >= 11 is 0. The first kappa shape index (κ1) is 15.1. The zero-order chi connectivity index (χ0) is 15.4. The van der Waals surface area contributed by atoms with Crippen LogP contribution in [0.2, 0.25) is 0 Å². The smallest absolute Gasteiger partial charge is 0.355 e. The second-order valence-corrected chi connectivity index (χ2v) is 4.61. The van der Waals surface area contributed by atoms with Crippen LogP contribution in [-0.2, 0) is 21.3 Å². The number of hydrogen-bond donors (Lipinski definition) is 1. The van der Waals surface area contributed by atoms with E-state index >= 15 is 0 Å². The van der Waals surface area contributed by atoms with Crippen LogP contribution in [0.1, 0.15) is 16.2 Å². The van der Waals surface area contributed by atoms with Crippen molar-refractivity contribution in [1.82, 2.24) is 9.88 Å². The van der Waals surface area contributed by atoms with E-state index in [9.17, 15) is 9.59 Å². The topological polar surface area (TPSA) is 82.7 Å². The molecule has 0 radical (unpaired) electrons. The molecule has 114 valence electrons. The highest BCUT2D eigenvalue weighted by Crippen LogP contribution is 2.22. The molecule has 0 fully saturated rings. The summed E-state index contributed by atoms with van der Waals surface area (Å²) in [6, 6.07) is 3.44. The molecule has 0 saturated carbocycles. The highest BCUT2D eigenvalue weighted by Gasteiger charge is 2.18. The number of amides is 1. The third kappa shape index (κ3) is 3.43. The number of rotatable bonds is 6. The van der Waals surface area contributed by atoms with Crippen molar-refractivity contribution < 1.29 is 23.5 Å². The molecule has 0 aliphatic heterocycles. The molecule has 7 heteroatoms. The number of hydrogen-bond acceptors (Lipinski definition) is 5. The molecule has 2 aromatic heterocycles. The van der Waals surface area contributed by atoms with Gasteiger partial charge in [0, 0.05) is 32.8 Å². The van der Waals surface area contributed by atoms with Gasteiger partial charge in [0.25, 0.3) is 5.91 Å². The molecule has 2 rings (SSSR count). The Morgan fingerprint density at radius 3 is 2.81 bits per heavy atom. The van der Waals surface area contributed by atoms with Gasteiger partial charge in [-0.2, -0.15) is 0 Å². The molecule has 2 heterocycles. The van der Waals surface area contributed by atoms with Gasteiger partial charge >= 0.3 is 5.97 Å². The average Bonchev–Trinajstić information content (AvgIpc) is 2.95. The SMILES string of the molecule is COCCNC(=O)COC(=O)c1cc2oc(C)cc2n1C. The largest absolute Gasteiger partial charge is 0.460 e. The Labute approximate surface area is 121 Å². The predicted octanol–water partition coefficient (Wildman–Crippen LogP) is 0.999. The molecule has 0 saturated heterocycles. The van der Waals surface area contributed by atoms with Crippen molar-refractivity contribution in [3.63, 3.8) is 0 Å². The Morgan fingerprint density at radius 2 is 2.14 bits per heavy atom. The molecule has 7 nitrogen and oxygen atoms in total. The van der Waals surface area contributed by atoms with Crippen molar-refractivity contribution in [2.45, 2.75) is 6.92 Å². The van der Waals surface area contributed by atoms with Crippen LogP contribution in [0.15, 0.2) is 16.5 Å². The molecule has 0 atom stereocenters. The third-order valence-corrected chi connectivity index (χ3v) is 3.03. The van der Waals surface area contributed by atoms with Crippen molar-refractivity contribution in [1.29, 1.82) is 0 Å². The number of esters is 1.